The second-order valence-corrected chi connectivity index (χ2v) is 7.71. The number of nitrogen functional groups attached to an aromatic ring is 1. The zero-order chi connectivity index (χ0) is 19.6. The minimum atomic E-state index is -0.437. The van der Waals surface area contributed by atoms with E-state index in [4.69, 9.17) is 10.5 Å². The van der Waals surface area contributed by atoms with Gasteiger partial charge in [0.2, 0.25) is 0 Å². The first-order valence-electron chi connectivity index (χ1n) is 8.99. The largest absolute Gasteiger partial charge is 0.494 e. The van der Waals surface area contributed by atoms with Crippen molar-refractivity contribution in [1.82, 2.24) is 0 Å². The molecule has 1 aliphatic heterocycles. The molecule has 0 unspecified atom stereocenters. The van der Waals surface area contributed by atoms with Crippen LogP contribution in [0.15, 0.2) is 36.5 Å². The Labute approximate surface area is 163 Å². The number of nitrogens with one attached hydrogen (secondary N) is 1. The fourth-order valence-electron chi connectivity index (χ4n) is 3.48. The number of nitriles is 1. The van der Waals surface area contributed by atoms with Crippen LogP contribution in [0.4, 0.5) is 10.7 Å². The predicted molar refractivity (Wildman–Crippen MR) is 109 cm³/mol. The van der Waals surface area contributed by atoms with Gasteiger partial charge in [-0.3, -0.25) is 4.79 Å². The number of carbonyl (C=O) groups excluding carboxylic acids is 1. The molecule has 27 heavy (non-hydrogen) atoms. The fourth-order valence-corrected chi connectivity index (χ4v) is 4.48. The highest BCUT2D eigenvalue weighted by Crippen LogP contribution is 2.51. The average Bonchev–Trinajstić information content (AvgIpc) is 2.96. The molecule has 6 heteroatoms. The maximum Gasteiger partial charge on any atom is 0.139 e. The lowest BCUT2D eigenvalue weighted by atomic mass is 9.75. The molecule has 0 saturated carbocycles. The fraction of sp³-hybridized carbons (Fsp3) is 0.333. The van der Waals surface area contributed by atoms with Gasteiger partial charge in [0.15, 0.2) is 0 Å². The summed E-state index contributed by atoms with van der Waals surface area (Å²) in [5.41, 5.74) is 9.10. The molecular weight excluding hydrogens is 358 g/mol. The lowest BCUT2D eigenvalue weighted by molar-refractivity contribution is -0.120. The highest BCUT2D eigenvalue weighted by Gasteiger charge is 2.39. The van der Waals surface area contributed by atoms with E-state index in [1.165, 1.54) is 11.3 Å². The van der Waals surface area contributed by atoms with E-state index in [2.05, 4.69) is 24.9 Å². The van der Waals surface area contributed by atoms with Gasteiger partial charge >= 0.3 is 0 Å². The highest BCUT2D eigenvalue weighted by atomic mass is 32.1. The quantitative estimate of drug-likeness (QED) is 0.711. The van der Waals surface area contributed by atoms with Gasteiger partial charge in [0.25, 0.3) is 0 Å². The van der Waals surface area contributed by atoms with Crippen molar-refractivity contribution in [3.63, 3.8) is 0 Å². The van der Waals surface area contributed by atoms with Crippen LogP contribution >= 0.6 is 11.3 Å². The molecule has 0 saturated heterocycles. The first-order valence-corrected chi connectivity index (χ1v) is 9.80. The second-order valence-electron chi connectivity index (χ2n) is 6.69. The SMILES string of the molecule is C=C1Nc2sc(C#N)c(N)c2[C@@H](c2ccc(OCCCC)cc2)[C@@H]1C(C)=O. The molecule has 0 amide bonds. The van der Waals surface area contributed by atoms with Crippen molar-refractivity contribution in [2.45, 2.75) is 32.6 Å². The third-order valence-electron chi connectivity index (χ3n) is 4.82. The van der Waals surface area contributed by atoms with Gasteiger partial charge in [0.05, 0.1) is 23.2 Å². The van der Waals surface area contributed by atoms with Crippen LogP contribution < -0.4 is 15.8 Å². The molecule has 1 aromatic carbocycles. The first kappa shape index (κ1) is 19.0. The standard InChI is InChI=1S/C21H23N3O2S/c1-4-5-10-26-15-8-6-14(7-9-15)18-17(13(3)25)12(2)24-21-19(18)20(23)16(11-22)27-21/h6-9,17-18,24H,2,4-5,10,23H2,1,3H3/t17-,18-/m0/s1. The molecule has 3 rings (SSSR count). The second kappa shape index (κ2) is 7.85. The smallest absolute Gasteiger partial charge is 0.139 e. The Morgan fingerprint density at radius 3 is 2.70 bits per heavy atom. The lowest BCUT2D eigenvalue weighted by Crippen LogP contribution is -2.30. The number of rotatable bonds is 6. The van der Waals surface area contributed by atoms with Crippen molar-refractivity contribution in [1.29, 1.82) is 5.26 Å². The molecule has 0 radical (unpaired) electrons. The Balaban J connectivity index is 2.03. The Morgan fingerprint density at radius 2 is 2.11 bits per heavy atom. The third kappa shape index (κ3) is 3.56. The lowest BCUT2D eigenvalue weighted by Gasteiger charge is -2.33. The molecule has 2 atom stereocenters. The van der Waals surface area contributed by atoms with E-state index in [0.717, 1.165) is 34.7 Å². The van der Waals surface area contributed by atoms with Gasteiger partial charge in [-0.05, 0) is 31.0 Å². The number of unbranched alkanes of at least 4 members (excludes halogenated alkanes) is 1. The minimum absolute atomic E-state index is 0.00975. The van der Waals surface area contributed by atoms with Crippen molar-refractivity contribution in [2.75, 3.05) is 17.7 Å². The number of anilines is 2. The van der Waals surface area contributed by atoms with Gasteiger partial charge in [-0.25, -0.2) is 0 Å². The molecule has 1 aliphatic rings. The van der Waals surface area contributed by atoms with Crippen LogP contribution in [0.2, 0.25) is 0 Å². The molecular formula is C21H23N3O2S. The Bertz CT molecular complexity index is 909. The van der Waals surface area contributed by atoms with Crippen molar-refractivity contribution in [3.8, 4) is 11.8 Å². The van der Waals surface area contributed by atoms with E-state index in [-0.39, 0.29) is 11.7 Å². The average molecular weight is 382 g/mol. The number of fused-ring (bicyclic) bond motifs is 1. The number of hydrogen-bond acceptors (Lipinski definition) is 6. The topological polar surface area (TPSA) is 88.1 Å². The zero-order valence-electron chi connectivity index (χ0n) is 15.5. The minimum Gasteiger partial charge on any atom is -0.494 e. The van der Waals surface area contributed by atoms with Gasteiger partial charge in [-0.1, -0.05) is 32.1 Å². The summed E-state index contributed by atoms with van der Waals surface area (Å²) < 4.78 is 5.74. The molecule has 2 heterocycles. The number of ketones is 1. The number of nitrogens with zero attached hydrogens (tertiary/aromatic N) is 1. The van der Waals surface area contributed by atoms with Crippen LogP contribution in [-0.2, 0) is 4.79 Å². The maximum atomic E-state index is 12.4. The van der Waals surface area contributed by atoms with Crippen LogP contribution in [0, 0.1) is 17.2 Å². The van der Waals surface area contributed by atoms with Gasteiger partial charge in [-0.15, -0.1) is 11.3 Å². The number of carbonyl (C=O) groups is 1. The number of nitrogens with two attached hydrogens (primary N) is 1. The highest BCUT2D eigenvalue weighted by molar-refractivity contribution is 7.17. The summed E-state index contributed by atoms with van der Waals surface area (Å²) in [4.78, 5) is 12.9. The number of Topliss-reactive ketones (excluding diaryl/α,β-unsaturated/α-hetero) is 1. The summed E-state index contributed by atoms with van der Waals surface area (Å²) in [6.45, 7) is 8.42. The maximum absolute atomic E-state index is 12.4. The van der Waals surface area contributed by atoms with E-state index >= 15 is 0 Å². The van der Waals surface area contributed by atoms with Crippen LogP contribution in [-0.4, -0.2) is 12.4 Å². The van der Waals surface area contributed by atoms with Crippen LogP contribution in [0.3, 0.4) is 0 Å². The molecule has 0 aliphatic carbocycles. The monoisotopic (exact) mass is 381 g/mol. The summed E-state index contributed by atoms with van der Waals surface area (Å²) >= 11 is 1.30. The summed E-state index contributed by atoms with van der Waals surface area (Å²) in [7, 11) is 0. The van der Waals surface area contributed by atoms with E-state index in [0.29, 0.717) is 22.9 Å². The zero-order valence-corrected chi connectivity index (χ0v) is 16.4. The van der Waals surface area contributed by atoms with Gasteiger partial charge in [0.1, 0.15) is 22.5 Å². The van der Waals surface area contributed by atoms with E-state index in [1.54, 1.807) is 6.92 Å². The molecule has 2 aromatic rings. The van der Waals surface area contributed by atoms with Gasteiger partial charge in [-0.2, -0.15) is 5.26 Å². The Hall–Kier alpha value is -2.78. The van der Waals surface area contributed by atoms with E-state index in [1.807, 2.05) is 24.3 Å². The third-order valence-corrected chi connectivity index (χ3v) is 5.86. The number of hydrogen-bond donors (Lipinski definition) is 2. The molecule has 3 N–H and O–H groups in total. The molecule has 5 nitrogen and oxygen atoms in total. The number of allylic oxidation sites excluding steroid dienone is 1. The van der Waals surface area contributed by atoms with Crippen LogP contribution in [0.5, 0.6) is 5.75 Å². The normalized spacial score (nSPS) is 18.3. The Kier molecular flexibility index (Phi) is 5.52. The van der Waals surface area contributed by atoms with Crippen molar-refractivity contribution < 1.29 is 9.53 Å². The van der Waals surface area contributed by atoms with Crippen molar-refractivity contribution >= 4 is 27.8 Å². The van der Waals surface area contributed by atoms with E-state index < -0.39 is 5.92 Å². The number of ether oxygens (including phenoxy) is 1. The van der Waals surface area contributed by atoms with Crippen molar-refractivity contribution in [2.24, 2.45) is 5.92 Å². The Morgan fingerprint density at radius 1 is 1.41 bits per heavy atom. The van der Waals surface area contributed by atoms with Gasteiger partial charge in [0, 0.05) is 17.2 Å². The molecule has 0 fully saturated rings. The molecule has 0 bridgehead atoms. The molecule has 0 spiro atoms. The van der Waals surface area contributed by atoms with Crippen molar-refractivity contribution in [3.05, 3.63) is 52.5 Å². The first-order chi connectivity index (χ1) is 13.0. The van der Waals surface area contributed by atoms with Crippen LogP contribution in [0.1, 0.15) is 48.6 Å². The summed E-state index contributed by atoms with van der Waals surface area (Å²) in [6, 6.07) is 9.91. The summed E-state index contributed by atoms with van der Waals surface area (Å²) in [5, 5.41) is 13.3. The van der Waals surface area contributed by atoms with Gasteiger partial charge < -0.3 is 15.8 Å². The summed E-state index contributed by atoms with van der Waals surface area (Å²) in [6.07, 6.45) is 2.09. The van der Waals surface area contributed by atoms with E-state index in [9.17, 15) is 10.1 Å². The molecule has 140 valence electrons. The number of benzene rings is 1. The predicted octanol–water partition coefficient (Wildman–Crippen LogP) is 4.66. The number of thiophene rings is 1. The summed E-state index contributed by atoms with van der Waals surface area (Å²) in [5.74, 6) is 0.105. The van der Waals surface area contributed by atoms with Crippen LogP contribution in [0.25, 0.3) is 0 Å². The molecule has 1 aromatic heterocycles.